The number of amides is 1. The van der Waals surface area contributed by atoms with E-state index < -0.39 is 6.10 Å². The van der Waals surface area contributed by atoms with Gasteiger partial charge in [-0.05, 0) is 43.2 Å². The second-order valence-corrected chi connectivity index (χ2v) is 7.81. The Labute approximate surface area is 187 Å². The van der Waals surface area contributed by atoms with E-state index in [2.05, 4.69) is 9.88 Å². The standard InChI is InChI=1S/C25H27N5O2/c1-29(22-13-4-5-14-28-22)15-6-7-16-30-20-11-2-3-12-21(20)32-23(25(30)31)18-9-8-10-19(17-18)24(26)27/h2-5,8-14,17,23H,6-7,15-16H2,1H3,(H3,26,27). The highest BCUT2D eigenvalue weighted by Crippen LogP contribution is 2.39. The second kappa shape index (κ2) is 9.51. The third kappa shape index (κ3) is 4.56. The van der Waals surface area contributed by atoms with E-state index in [0.717, 1.165) is 30.9 Å². The van der Waals surface area contributed by atoms with Gasteiger partial charge in [-0.3, -0.25) is 10.2 Å². The van der Waals surface area contributed by atoms with Gasteiger partial charge in [-0.25, -0.2) is 4.98 Å². The third-order valence-corrected chi connectivity index (χ3v) is 5.56. The normalized spacial score (nSPS) is 15.1. The number of hydrogen-bond donors (Lipinski definition) is 2. The van der Waals surface area contributed by atoms with Crippen LogP contribution in [0.4, 0.5) is 11.5 Å². The summed E-state index contributed by atoms with van der Waals surface area (Å²) >= 11 is 0. The summed E-state index contributed by atoms with van der Waals surface area (Å²) in [5, 5.41) is 7.70. The molecule has 1 unspecified atom stereocenters. The number of benzene rings is 2. The first kappa shape index (κ1) is 21.4. The molecule has 0 aliphatic carbocycles. The second-order valence-electron chi connectivity index (χ2n) is 7.81. The Bertz CT molecular complexity index is 1100. The highest BCUT2D eigenvalue weighted by Gasteiger charge is 2.35. The van der Waals surface area contributed by atoms with E-state index in [9.17, 15) is 4.79 Å². The lowest BCUT2D eigenvalue weighted by atomic mass is 10.0. The maximum absolute atomic E-state index is 13.4. The van der Waals surface area contributed by atoms with E-state index in [0.29, 0.717) is 23.4 Å². The SMILES string of the molecule is CN(CCCCN1C(=O)C(c2cccc(C(=N)N)c2)Oc2ccccc21)c1ccccn1. The molecule has 0 saturated heterocycles. The zero-order valence-corrected chi connectivity index (χ0v) is 18.1. The maximum Gasteiger partial charge on any atom is 0.272 e. The lowest BCUT2D eigenvalue weighted by molar-refractivity contribution is -0.126. The highest BCUT2D eigenvalue weighted by atomic mass is 16.5. The first-order valence-electron chi connectivity index (χ1n) is 10.7. The smallest absolute Gasteiger partial charge is 0.272 e. The molecule has 1 aromatic heterocycles. The average molecular weight is 430 g/mol. The van der Waals surface area contributed by atoms with Gasteiger partial charge in [0, 0.05) is 37.5 Å². The van der Waals surface area contributed by atoms with Crippen molar-refractivity contribution in [3.05, 3.63) is 84.1 Å². The van der Waals surface area contributed by atoms with Crippen LogP contribution in [-0.2, 0) is 4.79 Å². The number of nitrogens with zero attached hydrogens (tertiary/aromatic N) is 3. The summed E-state index contributed by atoms with van der Waals surface area (Å²) in [6, 6.07) is 20.6. The quantitative estimate of drug-likeness (QED) is 0.323. The molecule has 1 atom stereocenters. The first-order valence-corrected chi connectivity index (χ1v) is 10.7. The molecule has 1 aliphatic rings. The number of carbonyl (C=O) groups is 1. The molecule has 3 N–H and O–H groups in total. The molecular weight excluding hydrogens is 402 g/mol. The van der Waals surface area contributed by atoms with Crippen LogP contribution in [0.15, 0.2) is 72.9 Å². The molecule has 4 rings (SSSR count). The Morgan fingerprint density at radius 1 is 1.12 bits per heavy atom. The van der Waals surface area contributed by atoms with Crippen molar-refractivity contribution < 1.29 is 9.53 Å². The number of carbonyl (C=O) groups excluding carboxylic acids is 1. The number of ether oxygens (including phenoxy) is 1. The molecule has 0 radical (unpaired) electrons. The monoisotopic (exact) mass is 429 g/mol. The Balaban J connectivity index is 1.47. The van der Waals surface area contributed by atoms with Crippen LogP contribution in [0.2, 0.25) is 0 Å². The number of unbranched alkanes of at least 4 members (excludes halogenated alkanes) is 1. The molecular formula is C25H27N5O2. The van der Waals surface area contributed by atoms with E-state index in [4.69, 9.17) is 15.9 Å². The molecule has 7 nitrogen and oxygen atoms in total. The van der Waals surface area contributed by atoms with Gasteiger partial charge in [-0.15, -0.1) is 0 Å². The number of nitrogens with one attached hydrogen (secondary N) is 1. The predicted octanol–water partition coefficient (Wildman–Crippen LogP) is 3.75. The van der Waals surface area contributed by atoms with Crippen molar-refractivity contribution >= 4 is 23.2 Å². The largest absolute Gasteiger partial charge is 0.474 e. The molecule has 2 heterocycles. The van der Waals surface area contributed by atoms with Crippen LogP contribution in [0.25, 0.3) is 0 Å². The Morgan fingerprint density at radius 2 is 1.94 bits per heavy atom. The van der Waals surface area contributed by atoms with Crippen LogP contribution >= 0.6 is 0 Å². The van der Waals surface area contributed by atoms with E-state index in [1.807, 2.05) is 60.5 Å². The molecule has 0 spiro atoms. The number of nitrogens with two attached hydrogens (primary N) is 1. The number of rotatable bonds is 8. The summed E-state index contributed by atoms with van der Waals surface area (Å²) in [5.74, 6) is 1.47. The van der Waals surface area contributed by atoms with E-state index in [1.165, 1.54) is 0 Å². The summed E-state index contributed by atoms with van der Waals surface area (Å²) in [6.45, 7) is 1.44. The van der Waals surface area contributed by atoms with Crippen LogP contribution in [0.5, 0.6) is 5.75 Å². The van der Waals surface area contributed by atoms with Gasteiger partial charge < -0.3 is 20.3 Å². The van der Waals surface area contributed by atoms with Crippen molar-refractivity contribution in [3.8, 4) is 5.75 Å². The molecule has 32 heavy (non-hydrogen) atoms. The van der Waals surface area contributed by atoms with Crippen LogP contribution < -0.4 is 20.3 Å². The summed E-state index contributed by atoms with van der Waals surface area (Å²) in [5.41, 5.74) is 7.69. The van der Waals surface area contributed by atoms with Gasteiger partial charge in [0.1, 0.15) is 17.4 Å². The van der Waals surface area contributed by atoms with Crippen molar-refractivity contribution in [1.29, 1.82) is 5.41 Å². The van der Waals surface area contributed by atoms with E-state index in [1.54, 1.807) is 24.4 Å². The van der Waals surface area contributed by atoms with Crippen molar-refractivity contribution in [2.45, 2.75) is 18.9 Å². The predicted molar refractivity (Wildman–Crippen MR) is 126 cm³/mol. The summed E-state index contributed by atoms with van der Waals surface area (Å²) in [6.07, 6.45) is 2.79. The molecule has 7 heteroatoms. The third-order valence-electron chi connectivity index (χ3n) is 5.56. The minimum absolute atomic E-state index is 0.0376. The van der Waals surface area contributed by atoms with Crippen LogP contribution in [0.3, 0.4) is 0 Å². The van der Waals surface area contributed by atoms with Crippen molar-refractivity contribution in [3.63, 3.8) is 0 Å². The van der Waals surface area contributed by atoms with Gasteiger partial charge in [0.2, 0.25) is 6.10 Å². The fourth-order valence-electron chi connectivity index (χ4n) is 3.84. The Morgan fingerprint density at radius 3 is 2.72 bits per heavy atom. The van der Waals surface area contributed by atoms with Crippen LogP contribution in [0.1, 0.15) is 30.1 Å². The average Bonchev–Trinajstić information content (AvgIpc) is 2.83. The zero-order chi connectivity index (χ0) is 22.5. The summed E-state index contributed by atoms with van der Waals surface area (Å²) in [4.78, 5) is 21.7. The molecule has 3 aromatic rings. The summed E-state index contributed by atoms with van der Waals surface area (Å²) in [7, 11) is 2.02. The Hall–Kier alpha value is -3.87. The van der Waals surface area contributed by atoms with Crippen LogP contribution in [0, 0.1) is 5.41 Å². The lowest BCUT2D eigenvalue weighted by Crippen LogP contribution is -2.42. The molecule has 0 bridgehead atoms. The number of anilines is 2. The number of hydrogen-bond acceptors (Lipinski definition) is 5. The van der Waals surface area contributed by atoms with Gasteiger partial charge in [-0.1, -0.05) is 36.4 Å². The zero-order valence-electron chi connectivity index (χ0n) is 18.1. The number of amidine groups is 1. The van der Waals surface area contributed by atoms with Crippen molar-refractivity contribution in [2.24, 2.45) is 5.73 Å². The Kier molecular flexibility index (Phi) is 6.35. The number of pyridine rings is 1. The van der Waals surface area contributed by atoms with Crippen molar-refractivity contribution in [1.82, 2.24) is 4.98 Å². The van der Waals surface area contributed by atoms with Crippen molar-refractivity contribution in [2.75, 3.05) is 29.9 Å². The van der Waals surface area contributed by atoms with Crippen LogP contribution in [-0.4, -0.2) is 36.9 Å². The first-order chi connectivity index (χ1) is 15.5. The molecule has 1 amide bonds. The maximum atomic E-state index is 13.4. The minimum Gasteiger partial charge on any atom is -0.474 e. The van der Waals surface area contributed by atoms with Gasteiger partial charge in [0.05, 0.1) is 5.69 Å². The minimum atomic E-state index is -0.764. The lowest BCUT2D eigenvalue weighted by Gasteiger charge is -2.34. The fraction of sp³-hybridized carbons (Fsp3) is 0.240. The highest BCUT2D eigenvalue weighted by molar-refractivity contribution is 6.01. The molecule has 0 saturated carbocycles. The van der Waals surface area contributed by atoms with Gasteiger partial charge in [0.25, 0.3) is 5.91 Å². The van der Waals surface area contributed by atoms with E-state index in [-0.39, 0.29) is 11.7 Å². The van der Waals surface area contributed by atoms with Gasteiger partial charge in [-0.2, -0.15) is 0 Å². The fourth-order valence-corrected chi connectivity index (χ4v) is 3.84. The number of para-hydroxylation sites is 2. The molecule has 2 aromatic carbocycles. The number of fused-ring (bicyclic) bond motifs is 1. The number of nitrogen functional groups attached to an aromatic ring is 1. The van der Waals surface area contributed by atoms with Gasteiger partial charge in [0.15, 0.2) is 0 Å². The topological polar surface area (TPSA) is 95.5 Å². The molecule has 1 aliphatic heterocycles. The summed E-state index contributed by atoms with van der Waals surface area (Å²) < 4.78 is 6.08. The van der Waals surface area contributed by atoms with E-state index >= 15 is 0 Å². The van der Waals surface area contributed by atoms with Gasteiger partial charge >= 0.3 is 0 Å². The molecule has 0 fully saturated rings. The molecule has 164 valence electrons. The number of aromatic nitrogens is 1.